The molecule has 41 heavy (non-hydrogen) atoms. The monoisotopic (exact) mass is 613 g/mol. The molecule has 0 aliphatic heterocycles. The van der Waals surface area contributed by atoms with Crippen LogP contribution in [-0.2, 0) is 12.8 Å². The lowest BCUT2D eigenvalue weighted by atomic mass is 10.1. The van der Waals surface area contributed by atoms with Crippen LogP contribution in [0.2, 0.25) is 0 Å². The van der Waals surface area contributed by atoms with Crippen LogP contribution >= 0.6 is 45.3 Å². The molecule has 4 aromatic heterocycles. The Morgan fingerprint density at radius 1 is 0.683 bits per heavy atom. The van der Waals surface area contributed by atoms with Crippen LogP contribution in [0.4, 0.5) is 0 Å². The maximum absolute atomic E-state index is 9.50. The molecule has 4 aromatic rings. The number of nitriles is 1. The van der Waals surface area contributed by atoms with Gasteiger partial charge in [-0.1, -0.05) is 52.4 Å². The lowest BCUT2D eigenvalue weighted by molar-refractivity contribution is 0.667. The van der Waals surface area contributed by atoms with Gasteiger partial charge in [0.15, 0.2) is 0 Å². The van der Waals surface area contributed by atoms with Gasteiger partial charge in [0.05, 0.1) is 6.07 Å². The Bertz CT molecular complexity index is 2020. The van der Waals surface area contributed by atoms with Gasteiger partial charge in [0, 0.05) is 37.3 Å². The van der Waals surface area contributed by atoms with Crippen molar-refractivity contribution < 1.29 is 0 Å². The normalized spacial score (nSPS) is 14.2. The summed E-state index contributed by atoms with van der Waals surface area (Å²) in [5.74, 6) is 0.167. The van der Waals surface area contributed by atoms with E-state index in [4.69, 9.17) is 13.1 Å². The molecule has 0 fully saturated rings. The Kier molecular flexibility index (Phi) is 11.6. The Morgan fingerprint density at radius 3 is 1.61 bits per heavy atom. The first-order chi connectivity index (χ1) is 20.0. The van der Waals surface area contributed by atoms with Crippen molar-refractivity contribution in [2.45, 2.75) is 85.0 Å². The third kappa shape index (κ3) is 7.65. The third-order valence-corrected chi connectivity index (χ3v) is 12.3. The van der Waals surface area contributed by atoms with E-state index in [-0.39, 0.29) is 5.82 Å². The molecule has 0 bridgehead atoms. The number of nitrogens with zero attached hydrogens (tertiary/aromatic N) is 3. The van der Waals surface area contributed by atoms with Gasteiger partial charge in [-0.15, -0.1) is 45.3 Å². The summed E-state index contributed by atoms with van der Waals surface area (Å²) in [5, 5.41) is 9.50. The van der Waals surface area contributed by atoms with E-state index in [1.54, 1.807) is 34.0 Å². The summed E-state index contributed by atoms with van der Waals surface area (Å²) >= 11 is 6.96. The minimum atomic E-state index is 0.167. The number of hydrogen-bond donors (Lipinski definition) is 0. The summed E-state index contributed by atoms with van der Waals surface area (Å²) < 4.78 is 9.34. The molecule has 7 heteroatoms. The van der Waals surface area contributed by atoms with E-state index >= 15 is 0 Å². The summed E-state index contributed by atoms with van der Waals surface area (Å²) in [4.78, 5) is 6.96. The van der Waals surface area contributed by atoms with Crippen LogP contribution in [0, 0.1) is 51.7 Å². The molecule has 0 N–H and O–H groups in total. The van der Waals surface area contributed by atoms with Crippen LogP contribution in [0.25, 0.3) is 21.1 Å². The lowest BCUT2D eigenvalue weighted by Crippen LogP contribution is -1.94. The summed E-state index contributed by atoms with van der Waals surface area (Å²) in [5.41, 5.74) is 3.41. The molecule has 4 rings (SSSR count). The fourth-order valence-electron chi connectivity index (χ4n) is 4.80. The SMILES string of the molecule is [C-]#[N+]C([N+]#[C-])=c1cc(CCCCCC)/c(=c2/cc/c(=c3/cc/c(=c4\s/c(=C(/C)C#N)cc4CCCCCC)s3)s2)s1. The van der Waals surface area contributed by atoms with Gasteiger partial charge in [-0.3, -0.25) is 0 Å². The number of rotatable bonds is 10. The zero-order valence-corrected chi connectivity index (χ0v) is 27.3. The molecule has 0 saturated carbocycles. The second-order valence-electron chi connectivity index (χ2n) is 10.2. The summed E-state index contributed by atoms with van der Waals surface area (Å²) in [6.45, 7) is 21.3. The highest BCUT2D eigenvalue weighted by atomic mass is 32.1. The van der Waals surface area contributed by atoms with Gasteiger partial charge in [-0.25, -0.2) is 0 Å². The van der Waals surface area contributed by atoms with Gasteiger partial charge in [0.2, 0.25) is 0 Å². The largest absolute Gasteiger partial charge is 0.536 e. The standard InChI is InChI=1S/C34H35N3S4/c1-6-8-10-12-14-24-20-30(23(3)22-35)40-32(24)28-18-16-26(38-28)27-17-19-29(39-27)33-25(15-13-11-9-7-2)21-31(41-33)34(36-4)37-5/h16-21H,6-15H2,1-3H3/b27-26+,30-23-,32-28+,33-29+. The third-order valence-electron chi connectivity index (χ3n) is 7.09. The van der Waals surface area contributed by atoms with Crippen LogP contribution in [0.15, 0.2) is 36.4 Å². The predicted octanol–water partition coefficient (Wildman–Crippen LogP) is 9.64. The summed E-state index contributed by atoms with van der Waals surface area (Å²) in [6.07, 6.45) is 11.7. The molecule has 4 heterocycles. The van der Waals surface area contributed by atoms with Crippen molar-refractivity contribution in [3.05, 3.63) is 107 Å². The van der Waals surface area contributed by atoms with Crippen molar-refractivity contribution in [3.63, 3.8) is 0 Å². The van der Waals surface area contributed by atoms with Gasteiger partial charge in [0.25, 0.3) is 0 Å². The van der Waals surface area contributed by atoms with Crippen molar-refractivity contribution in [1.82, 2.24) is 0 Å². The zero-order valence-electron chi connectivity index (χ0n) is 24.0. The molecule has 0 radical (unpaired) electrons. The first-order valence-electron chi connectivity index (χ1n) is 14.3. The van der Waals surface area contributed by atoms with E-state index in [2.05, 4.69) is 66.0 Å². The van der Waals surface area contributed by atoms with Crippen LogP contribution in [0.5, 0.6) is 0 Å². The van der Waals surface area contributed by atoms with Gasteiger partial charge < -0.3 is 0 Å². The minimum absolute atomic E-state index is 0.167. The molecule has 0 unspecified atom stereocenters. The highest BCUT2D eigenvalue weighted by Crippen LogP contribution is 2.21. The van der Waals surface area contributed by atoms with E-state index in [1.165, 1.54) is 83.3 Å². The highest BCUT2D eigenvalue weighted by molar-refractivity contribution is 7.14. The minimum Gasteiger partial charge on any atom is -0.193 e. The first kappa shape index (κ1) is 31.0. The molecule has 0 aliphatic rings. The molecule has 0 aromatic carbocycles. The average Bonchev–Trinajstić information content (AvgIpc) is 3.79. The summed E-state index contributed by atoms with van der Waals surface area (Å²) in [7, 11) is 0. The Morgan fingerprint density at radius 2 is 1.15 bits per heavy atom. The molecule has 0 spiro atoms. The molecule has 0 atom stereocenters. The van der Waals surface area contributed by atoms with Crippen molar-refractivity contribution >= 4 is 56.7 Å². The van der Waals surface area contributed by atoms with Gasteiger partial charge in [0.1, 0.15) is 17.7 Å². The number of unbranched alkanes of at least 4 members (excludes halogenated alkanes) is 6. The Labute approximate surface area is 258 Å². The average molecular weight is 614 g/mol. The van der Waals surface area contributed by atoms with E-state index in [9.17, 15) is 5.26 Å². The lowest BCUT2D eigenvalue weighted by Gasteiger charge is -1.97. The van der Waals surface area contributed by atoms with E-state index in [0.717, 1.165) is 33.9 Å². The van der Waals surface area contributed by atoms with E-state index < -0.39 is 0 Å². The van der Waals surface area contributed by atoms with Gasteiger partial charge >= 0.3 is 5.82 Å². The predicted molar refractivity (Wildman–Crippen MR) is 177 cm³/mol. The molecule has 0 aliphatic carbocycles. The van der Waals surface area contributed by atoms with Crippen molar-refractivity contribution in [1.29, 1.82) is 5.26 Å². The topological polar surface area (TPSA) is 32.5 Å². The van der Waals surface area contributed by atoms with Crippen LogP contribution in [-0.4, -0.2) is 0 Å². The van der Waals surface area contributed by atoms with Crippen LogP contribution in [0.3, 0.4) is 0 Å². The highest BCUT2D eigenvalue weighted by Gasteiger charge is 2.10. The van der Waals surface area contributed by atoms with E-state index in [0.29, 0.717) is 0 Å². The smallest absolute Gasteiger partial charge is 0.193 e. The fraction of sp³-hybridized carbons (Fsp3) is 0.382. The first-order valence-corrected chi connectivity index (χ1v) is 17.6. The van der Waals surface area contributed by atoms with Crippen molar-refractivity contribution in [2.75, 3.05) is 0 Å². The molecule has 0 saturated heterocycles. The second-order valence-corrected chi connectivity index (χ2v) is 14.4. The van der Waals surface area contributed by atoms with Crippen LogP contribution < -0.4 is 9.06 Å². The molecule has 3 nitrogen and oxygen atoms in total. The second kappa shape index (κ2) is 15.3. The maximum Gasteiger partial charge on any atom is 0.536 e. The number of thiophene rings is 4. The van der Waals surface area contributed by atoms with Crippen LogP contribution in [0.1, 0.15) is 83.3 Å². The molecular formula is C34H35N3S4. The van der Waals surface area contributed by atoms with Gasteiger partial charge in [-0.2, -0.15) is 15.0 Å². The number of hydrogen-bond acceptors (Lipinski definition) is 5. The number of aryl methyl sites for hydroxylation is 2. The molecule has 0 amide bonds. The molecular weight excluding hydrogens is 579 g/mol. The fourth-order valence-corrected chi connectivity index (χ4v) is 9.50. The van der Waals surface area contributed by atoms with E-state index in [1.807, 2.05) is 18.3 Å². The maximum atomic E-state index is 9.50. The Hall–Kier alpha value is -2.99. The zero-order chi connectivity index (χ0) is 29.2. The Balaban J connectivity index is 1.90. The van der Waals surface area contributed by atoms with Crippen molar-refractivity contribution in [2.24, 2.45) is 0 Å². The molecule has 210 valence electrons. The van der Waals surface area contributed by atoms with Gasteiger partial charge in [-0.05, 0) is 80.1 Å². The quantitative estimate of drug-likeness (QED) is 0.129. The van der Waals surface area contributed by atoms with Crippen molar-refractivity contribution in [3.8, 4) is 6.07 Å². The summed E-state index contributed by atoms with van der Waals surface area (Å²) in [6, 6.07) is 15.5.